The Morgan fingerprint density at radius 1 is 1.18 bits per heavy atom. The van der Waals surface area contributed by atoms with Gasteiger partial charge in [-0.15, -0.1) is 0 Å². The number of aliphatic hydroxyl groups excluding tert-OH is 1. The zero-order valence-electron chi connectivity index (χ0n) is 18.1. The lowest BCUT2D eigenvalue weighted by molar-refractivity contribution is 0.144. The smallest absolute Gasteiger partial charge is 0.0903 e. The molecule has 0 aliphatic carbocycles. The first-order valence-electron chi connectivity index (χ1n) is 10.00. The number of nitrogens with zero attached hydrogens (tertiary/aromatic N) is 1. The molecule has 0 fully saturated rings. The maximum absolute atomic E-state index is 9.92. The highest BCUT2D eigenvalue weighted by molar-refractivity contribution is 5.99. The molecular weight excluding hydrogens is 346 g/mol. The number of hydrogen-bond acceptors (Lipinski definition) is 3. The van der Waals surface area contributed by atoms with Crippen molar-refractivity contribution in [2.75, 3.05) is 20.3 Å². The van der Waals surface area contributed by atoms with E-state index >= 15 is 0 Å². The summed E-state index contributed by atoms with van der Waals surface area (Å²) in [6, 6.07) is 11.0. The molecule has 3 heteroatoms. The van der Waals surface area contributed by atoms with E-state index in [9.17, 15) is 5.11 Å². The number of benzene rings is 2. The fourth-order valence-corrected chi connectivity index (χ4v) is 4.63. The second-order valence-electron chi connectivity index (χ2n) is 9.35. The largest absolute Gasteiger partial charge is 0.392 e. The molecule has 0 aromatic heterocycles. The Morgan fingerprint density at radius 3 is 2.39 bits per heavy atom. The highest BCUT2D eigenvalue weighted by Gasteiger charge is 2.50. The van der Waals surface area contributed by atoms with Crippen LogP contribution in [0.15, 0.2) is 47.5 Å². The summed E-state index contributed by atoms with van der Waals surface area (Å²) in [5.41, 5.74) is 3.58. The van der Waals surface area contributed by atoms with Crippen molar-refractivity contribution in [2.45, 2.75) is 57.4 Å². The molecule has 0 saturated carbocycles. The lowest BCUT2D eigenvalue weighted by Gasteiger charge is -2.49. The van der Waals surface area contributed by atoms with Crippen LogP contribution in [0.25, 0.3) is 10.8 Å². The van der Waals surface area contributed by atoms with E-state index in [1.165, 1.54) is 21.9 Å². The Hall–Kier alpha value is -1.97. The van der Waals surface area contributed by atoms with Crippen LogP contribution in [-0.4, -0.2) is 37.2 Å². The molecule has 2 aromatic rings. The number of rotatable bonds is 5. The molecule has 0 saturated heterocycles. The van der Waals surface area contributed by atoms with Crippen LogP contribution in [0, 0.1) is 0 Å². The van der Waals surface area contributed by atoms with E-state index in [2.05, 4.69) is 71.5 Å². The Bertz CT molecular complexity index is 937. The molecule has 1 aliphatic heterocycles. The van der Waals surface area contributed by atoms with Gasteiger partial charge in [0, 0.05) is 25.3 Å². The quantitative estimate of drug-likeness (QED) is 0.728. The van der Waals surface area contributed by atoms with Crippen LogP contribution in [0.1, 0.15) is 57.7 Å². The predicted molar refractivity (Wildman–Crippen MR) is 119 cm³/mol. The van der Waals surface area contributed by atoms with Crippen molar-refractivity contribution >= 4 is 17.0 Å². The van der Waals surface area contributed by atoms with Crippen LogP contribution in [0.4, 0.5) is 0 Å². The van der Waals surface area contributed by atoms with E-state index in [1.807, 2.05) is 6.21 Å². The van der Waals surface area contributed by atoms with Gasteiger partial charge in [0.25, 0.3) is 0 Å². The fraction of sp³-hybridized carbons (Fsp3) is 0.480. The van der Waals surface area contributed by atoms with Crippen molar-refractivity contribution in [3.63, 3.8) is 0 Å². The number of methoxy groups -OCH3 is 1. The lowest BCUT2D eigenvalue weighted by Crippen LogP contribution is -2.51. The molecule has 3 rings (SSSR count). The molecule has 1 heterocycles. The molecule has 0 bridgehead atoms. The molecular formula is C25H33NO2. The monoisotopic (exact) mass is 379 g/mol. The molecule has 28 heavy (non-hydrogen) atoms. The Morgan fingerprint density at radius 2 is 1.82 bits per heavy atom. The van der Waals surface area contributed by atoms with Crippen molar-refractivity contribution < 1.29 is 9.84 Å². The van der Waals surface area contributed by atoms with Crippen LogP contribution >= 0.6 is 0 Å². The van der Waals surface area contributed by atoms with Gasteiger partial charge in [-0.25, -0.2) is 0 Å². The Labute approximate surface area is 169 Å². The summed E-state index contributed by atoms with van der Waals surface area (Å²) in [6.45, 7) is 15.8. The SMILES string of the molecule is C=C(CO)C1(C)N=Cc2cc(C(C)(C)C)c3ccccc3c2C1(C)CCOC. The summed E-state index contributed by atoms with van der Waals surface area (Å²) in [5, 5.41) is 12.5. The van der Waals surface area contributed by atoms with Crippen LogP contribution in [0.2, 0.25) is 0 Å². The molecule has 0 spiro atoms. The molecule has 0 amide bonds. The molecule has 2 atom stereocenters. The number of aliphatic imine (C=N–C) groups is 1. The van der Waals surface area contributed by atoms with Gasteiger partial charge in [-0.3, -0.25) is 4.99 Å². The zero-order chi connectivity index (χ0) is 20.7. The third kappa shape index (κ3) is 3.01. The number of fused-ring (bicyclic) bond motifs is 3. The number of aliphatic hydroxyl groups is 1. The minimum absolute atomic E-state index is 0.0286. The van der Waals surface area contributed by atoms with Gasteiger partial charge in [0.05, 0.1) is 12.1 Å². The summed E-state index contributed by atoms with van der Waals surface area (Å²) in [5.74, 6) is 0. The second kappa shape index (κ2) is 7.13. The van der Waals surface area contributed by atoms with E-state index < -0.39 is 5.54 Å². The molecule has 3 nitrogen and oxygen atoms in total. The average Bonchev–Trinajstić information content (AvgIpc) is 2.67. The lowest BCUT2D eigenvalue weighted by atomic mass is 9.59. The molecule has 150 valence electrons. The minimum Gasteiger partial charge on any atom is -0.392 e. The van der Waals surface area contributed by atoms with Crippen molar-refractivity contribution in [1.29, 1.82) is 0 Å². The maximum Gasteiger partial charge on any atom is 0.0903 e. The molecule has 2 unspecified atom stereocenters. The third-order valence-corrected chi connectivity index (χ3v) is 6.66. The molecule has 1 N–H and O–H groups in total. The van der Waals surface area contributed by atoms with Gasteiger partial charge in [-0.05, 0) is 57.9 Å². The first kappa shape index (κ1) is 20.8. The Balaban J connectivity index is 2.41. The van der Waals surface area contributed by atoms with Crippen molar-refractivity contribution in [3.8, 4) is 0 Å². The minimum atomic E-state index is -0.598. The van der Waals surface area contributed by atoms with Gasteiger partial charge in [-0.2, -0.15) is 0 Å². The summed E-state index contributed by atoms with van der Waals surface area (Å²) < 4.78 is 5.48. The van der Waals surface area contributed by atoms with Crippen LogP contribution in [0.3, 0.4) is 0 Å². The summed E-state index contributed by atoms with van der Waals surface area (Å²) in [4.78, 5) is 4.97. The van der Waals surface area contributed by atoms with E-state index in [0.717, 1.165) is 17.6 Å². The van der Waals surface area contributed by atoms with Crippen molar-refractivity contribution in [1.82, 2.24) is 0 Å². The number of hydrogen-bond donors (Lipinski definition) is 1. The van der Waals surface area contributed by atoms with Crippen LogP contribution in [-0.2, 0) is 15.6 Å². The van der Waals surface area contributed by atoms with Gasteiger partial charge in [0.2, 0.25) is 0 Å². The Kier molecular flexibility index (Phi) is 5.28. The normalized spacial score (nSPS) is 24.4. The standard InChI is InChI=1S/C25H33NO2/c1-17(16-27)25(6)24(5,12-13-28-7)22-18(15-26-25)14-21(23(2,3)4)19-10-8-9-11-20(19)22/h8-11,14-15,27H,1,12-13,16H2,2-7H3. The van der Waals surface area contributed by atoms with E-state index in [-0.39, 0.29) is 17.4 Å². The van der Waals surface area contributed by atoms with Gasteiger partial charge in [0.15, 0.2) is 0 Å². The summed E-state index contributed by atoms with van der Waals surface area (Å²) >= 11 is 0. The third-order valence-electron chi connectivity index (χ3n) is 6.66. The van der Waals surface area contributed by atoms with Crippen molar-refractivity contribution in [3.05, 3.63) is 59.2 Å². The first-order chi connectivity index (χ1) is 13.1. The van der Waals surface area contributed by atoms with Crippen molar-refractivity contribution in [2.24, 2.45) is 4.99 Å². The molecule has 1 aliphatic rings. The predicted octanol–water partition coefficient (Wildman–Crippen LogP) is 5.17. The molecule has 2 aromatic carbocycles. The topological polar surface area (TPSA) is 41.8 Å². The van der Waals surface area contributed by atoms with Gasteiger partial charge in [0.1, 0.15) is 0 Å². The highest BCUT2D eigenvalue weighted by atomic mass is 16.5. The highest BCUT2D eigenvalue weighted by Crippen LogP contribution is 2.51. The molecule has 0 radical (unpaired) electrons. The zero-order valence-corrected chi connectivity index (χ0v) is 18.1. The summed E-state index contributed by atoms with van der Waals surface area (Å²) in [6.07, 6.45) is 2.77. The second-order valence-corrected chi connectivity index (χ2v) is 9.35. The van der Waals surface area contributed by atoms with Gasteiger partial charge < -0.3 is 9.84 Å². The van der Waals surface area contributed by atoms with Crippen LogP contribution in [0.5, 0.6) is 0 Å². The summed E-state index contributed by atoms with van der Waals surface area (Å²) in [7, 11) is 1.73. The van der Waals surface area contributed by atoms with Gasteiger partial charge >= 0.3 is 0 Å². The van der Waals surface area contributed by atoms with E-state index in [0.29, 0.717) is 6.61 Å². The number of ether oxygens (including phenoxy) is 1. The fourth-order valence-electron chi connectivity index (χ4n) is 4.63. The van der Waals surface area contributed by atoms with E-state index in [1.54, 1.807) is 7.11 Å². The van der Waals surface area contributed by atoms with Gasteiger partial charge in [-0.1, -0.05) is 58.5 Å². The first-order valence-corrected chi connectivity index (χ1v) is 10.00. The van der Waals surface area contributed by atoms with E-state index in [4.69, 9.17) is 9.73 Å². The van der Waals surface area contributed by atoms with Crippen LogP contribution < -0.4 is 0 Å². The maximum atomic E-state index is 9.92. The average molecular weight is 380 g/mol.